The number of amides is 1. The number of nitrogens with one attached hydrogen (secondary N) is 2. The molecule has 3 aromatic carbocycles. The molecule has 2 N–H and O–H groups in total. The highest BCUT2D eigenvalue weighted by Gasteiger charge is 2.08. The maximum atomic E-state index is 12.3. The predicted octanol–water partition coefficient (Wildman–Crippen LogP) is 4.79. The zero-order chi connectivity index (χ0) is 18.9. The Labute approximate surface area is 158 Å². The number of para-hydroxylation sites is 3. The van der Waals surface area contributed by atoms with Gasteiger partial charge < -0.3 is 15.4 Å². The Balaban J connectivity index is 1.54. The Bertz CT molecular complexity index is 932. The molecule has 0 spiro atoms. The van der Waals surface area contributed by atoms with E-state index in [9.17, 15) is 4.79 Å². The van der Waals surface area contributed by atoms with E-state index in [0.29, 0.717) is 35.7 Å². The molecule has 3 rings (SSSR count). The summed E-state index contributed by atoms with van der Waals surface area (Å²) >= 11 is 0. The van der Waals surface area contributed by atoms with Crippen molar-refractivity contribution in [3.8, 4) is 17.6 Å². The Hall–Kier alpha value is -3.78. The Morgan fingerprint density at radius 1 is 0.926 bits per heavy atom. The minimum Gasteiger partial charge on any atom is -0.455 e. The molecule has 0 heterocycles. The van der Waals surface area contributed by atoms with E-state index >= 15 is 0 Å². The molecule has 0 fully saturated rings. The SMILES string of the molecule is N#Cc1ccc(NCCC(=O)Nc2ccccc2Oc2ccccc2)cc1. The summed E-state index contributed by atoms with van der Waals surface area (Å²) < 4.78 is 5.85. The molecule has 0 aliphatic carbocycles. The molecule has 3 aromatic rings. The number of hydrogen-bond donors (Lipinski definition) is 2. The van der Waals surface area contributed by atoms with Crippen LogP contribution in [0.1, 0.15) is 12.0 Å². The van der Waals surface area contributed by atoms with E-state index in [4.69, 9.17) is 10.00 Å². The standard InChI is InChI=1S/C22H19N3O2/c23-16-17-10-12-18(13-11-17)24-15-14-22(26)25-20-8-4-5-9-21(20)27-19-6-2-1-3-7-19/h1-13,24H,14-15H2,(H,25,26). The van der Waals surface area contributed by atoms with Crippen molar-refractivity contribution in [2.24, 2.45) is 0 Å². The van der Waals surface area contributed by atoms with Crippen molar-refractivity contribution < 1.29 is 9.53 Å². The monoisotopic (exact) mass is 357 g/mol. The molecule has 0 unspecified atom stereocenters. The second-order valence-corrected chi connectivity index (χ2v) is 5.83. The third-order valence-electron chi connectivity index (χ3n) is 3.83. The fourth-order valence-corrected chi connectivity index (χ4v) is 2.47. The van der Waals surface area contributed by atoms with Crippen LogP contribution < -0.4 is 15.4 Å². The topological polar surface area (TPSA) is 74.2 Å². The minimum absolute atomic E-state index is 0.111. The van der Waals surface area contributed by atoms with Crippen molar-refractivity contribution in [3.63, 3.8) is 0 Å². The average Bonchev–Trinajstić information content (AvgIpc) is 2.71. The summed E-state index contributed by atoms with van der Waals surface area (Å²) in [6, 6.07) is 26.0. The maximum Gasteiger partial charge on any atom is 0.226 e. The summed E-state index contributed by atoms with van der Waals surface area (Å²) in [6.07, 6.45) is 0.305. The number of nitrogens with zero attached hydrogens (tertiary/aromatic N) is 1. The van der Waals surface area contributed by atoms with Gasteiger partial charge in [-0.1, -0.05) is 30.3 Å². The van der Waals surface area contributed by atoms with Gasteiger partial charge in [0.05, 0.1) is 17.3 Å². The molecule has 0 bridgehead atoms. The molecule has 0 aliphatic heterocycles. The first-order chi connectivity index (χ1) is 13.2. The molecule has 1 amide bonds. The summed E-state index contributed by atoms with van der Waals surface area (Å²) in [5.41, 5.74) is 2.10. The zero-order valence-corrected chi connectivity index (χ0v) is 14.7. The number of benzene rings is 3. The van der Waals surface area contributed by atoms with Crippen LogP contribution in [-0.2, 0) is 4.79 Å². The van der Waals surface area contributed by atoms with E-state index in [2.05, 4.69) is 16.7 Å². The Morgan fingerprint density at radius 3 is 2.37 bits per heavy atom. The second kappa shape index (κ2) is 9.07. The van der Waals surface area contributed by atoms with Crippen LogP contribution in [0.25, 0.3) is 0 Å². The van der Waals surface area contributed by atoms with Gasteiger partial charge in [-0.15, -0.1) is 0 Å². The third kappa shape index (κ3) is 5.35. The van der Waals surface area contributed by atoms with Gasteiger partial charge in [0.15, 0.2) is 5.75 Å². The van der Waals surface area contributed by atoms with Crippen LogP contribution in [0.2, 0.25) is 0 Å². The lowest BCUT2D eigenvalue weighted by molar-refractivity contribution is -0.116. The van der Waals surface area contributed by atoms with E-state index in [1.54, 1.807) is 12.1 Å². The van der Waals surface area contributed by atoms with Gasteiger partial charge in [-0.3, -0.25) is 4.79 Å². The highest BCUT2D eigenvalue weighted by molar-refractivity contribution is 5.92. The first-order valence-corrected chi connectivity index (χ1v) is 8.60. The first kappa shape index (κ1) is 18.0. The highest BCUT2D eigenvalue weighted by atomic mass is 16.5. The summed E-state index contributed by atoms with van der Waals surface area (Å²) in [5, 5.41) is 14.9. The zero-order valence-electron chi connectivity index (χ0n) is 14.7. The van der Waals surface area contributed by atoms with Crippen LogP contribution in [0.5, 0.6) is 11.5 Å². The largest absolute Gasteiger partial charge is 0.455 e. The molecule has 134 valence electrons. The number of anilines is 2. The number of carbonyl (C=O) groups excluding carboxylic acids is 1. The molecule has 0 saturated heterocycles. The van der Waals surface area contributed by atoms with Crippen LogP contribution in [0, 0.1) is 11.3 Å². The van der Waals surface area contributed by atoms with Crippen LogP contribution in [-0.4, -0.2) is 12.5 Å². The summed E-state index contributed by atoms with van der Waals surface area (Å²) in [6.45, 7) is 0.486. The molecular weight excluding hydrogens is 338 g/mol. The molecule has 0 saturated carbocycles. The van der Waals surface area contributed by atoms with Gasteiger partial charge >= 0.3 is 0 Å². The smallest absolute Gasteiger partial charge is 0.226 e. The van der Waals surface area contributed by atoms with E-state index in [0.717, 1.165) is 5.69 Å². The van der Waals surface area contributed by atoms with Crippen molar-refractivity contribution in [3.05, 3.63) is 84.4 Å². The third-order valence-corrected chi connectivity index (χ3v) is 3.83. The van der Waals surface area contributed by atoms with Gasteiger partial charge in [0, 0.05) is 18.7 Å². The van der Waals surface area contributed by atoms with Crippen LogP contribution >= 0.6 is 0 Å². The molecule has 5 heteroatoms. The van der Waals surface area contributed by atoms with Gasteiger partial charge in [-0.25, -0.2) is 0 Å². The van der Waals surface area contributed by atoms with Crippen LogP contribution in [0.4, 0.5) is 11.4 Å². The van der Waals surface area contributed by atoms with Crippen molar-refractivity contribution in [1.29, 1.82) is 5.26 Å². The van der Waals surface area contributed by atoms with Crippen molar-refractivity contribution in [2.45, 2.75) is 6.42 Å². The van der Waals surface area contributed by atoms with Crippen LogP contribution in [0.3, 0.4) is 0 Å². The molecule has 0 aliphatic rings. The summed E-state index contributed by atoms with van der Waals surface area (Å²) in [5.74, 6) is 1.19. The number of hydrogen-bond acceptors (Lipinski definition) is 4. The van der Waals surface area contributed by atoms with Crippen molar-refractivity contribution in [1.82, 2.24) is 0 Å². The maximum absolute atomic E-state index is 12.3. The summed E-state index contributed by atoms with van der Waals surface area (Å²) in [7, 11) is 0. The lowest BCUT2D eigenvalue weighted by atomic mass is 10.2. The molecular formula is C22H19N3O2. The van der Waals surface area contributed by atoms with Gasteiger partial charge in [0.2, 0.25) is 5.91 Å². The van der Waals surface area contributed by atoms with Gasteiger partial charge in [-0.05, 0) is 48.5 Å². The van der Waals surface area contributed by atoms with E-state index in [1.807, 2.05) is 66.7 Å². The first-order valence-electron chi connectivity index (χ1n) is 8.60. The highest BCUT2D eigenvalue weighted by Crippen LogP contribution is 2.29. The lowest BCUT2D eigenvalue weighted by Crippen LogP contribution is -2.16. The van der Waals surface area contributed by atoms with Gasteiger partial charge in [0.25, 0.3) is 0 Å². The quantitative estimate of drug-likeness (QED) is 0.637. The van der Waals surface area contributed by atoms with Gasteiger partial charge in [0.1, 0.15) is 5.75 Å². The fraction of sp³-hybridized carbons (Fsp3) is 0.0909. The molecule has 0 aromatic heterocycles. The number of nitriles is 1. The number of ether oxygens (including phenoxy) is 1. The lowest BCUT2D eigenvalue weighted by Gasteiger charge is -2.12. The van der Waals surface area contributed by atoms with Crippen molar-refractivity contribution in [2.75, 3.05) is 17.2 Å². The molecule has 0 atom stereocenters. The van der Waals surface area contributed by atoms with E-state index in [1.165, 1.54) is 0 Å². The number of rotatable bonds is 7. The predicted molar refractivity (Wildman–Crippen MR) is 106 cm³/mol. The normalized spacial score (nSPS) is 9.89. The summed E-state index contributed by atoms with van der Waals surface area (Å²) in [4.78, 5) is 12.3. The second-order valence-electron chi connectivity index (χ2n) is 5.83. The average molecular weight is 357 g/mol. The van der Waals surface area contributed by atoms with Crippen molar-refractivity contribution >= 4 is 17.3 Å². The van der Waals surface area contributed by atoms with E-state index < -0.39 is 0 Å². The number of carbonyl (C=O) groups is 1. The molecule has 5 nitrogen and oxygen atoms in total. The molecule has 27 heavy (non-hydrogen) atoms. The Morgan fingerprint density at radius 2 is 1.63 bits per heavy atom. The Kier molecular flexibility index (Phi) is 6.05. The minimum atomic E-state index is -0.111. The fourth-order valence-electron chi connectivity index (χ4n) is 2.47. The van der Waals surface area contributed by atoms with Gasteiger partial charge in [-0.2, -0.15) is 5.26 Å². The van der Waals surface area contributed by atoms with E-state index in [-0.39, 0.29) is 5.91 Å². The molecule has 0 radical (unpaired) electrons. The van der Waals surface area contributed by atoms with Crippen LogP contribution in [0.15, 0.2) is 78.9 Å².